The molecule has 0 spiro atoms. The van der Waals surface area contributed by atoms with E-state index in [0.717, 1.165) is 24.5 Å². The summed E-state index contributed by atoms with van der Waals surface area (Å²) >= 11 is 0. The summed E-state index contributed by atoms with van der Waals surface area (Å²) in [5.41, 5.74) is 1.14. The van der Waals surface area contributed by atoms with Gasteiger partial charge in [-0.3, -0.25) is 0 Å². The third-order valence-electron chi connectivity index (χ3n) is 3.03. The largest absolute Gasteiger partial charge is 0.497 e. The molecule has 0 amide bonds. The third-order valence-corrected chi connectivity index (χ3v) is 3.03. The average molecular weight is 220 g/mol. The van der Waals surface area contributed by atoms with Crippen LogP contribution in [0.5, 0.6) is 5.75 Å². The van der Waals surface area contributed by atoms with Gasteiger partial charge in [0.15, 0.2) is 0 Å². The zero-order valence-electron chi connectivity index (χ0n) is 9.91. The molecule has 1 saturated heterocycles. The molecule has 0 saturated carbocycles. The van der Waals surface area contributed by atoms with E-state index in [9.17, 15) is 0 Å². The highest BCUT2D eigenvalue weighted by Crippen LogP contribution is 2.16. The van der Waals surface area contributed by atoms with E-state index < -0.39 is 0 Å². The lowest BCUT2D eigenvalue weighted by atomic mass is 10.3. The summed E-state index contributed by atoms with van der Waals surface area (Å²) < 4.78 is 5.18. The van der Waals surface area contributed by atoms with Crippen molar-refractivity contribution in [3.63, 3.8) is 0 Å². The van der Waals surface area contributed by atoms with Gasteiger partial charge in [-0.25, -0.2) is 0 Å². The third kappa shape index (κ3) is 3.14. The van der Waals surface area contributed by atoms with E-state index in [4.69, 9.17) is 4.74 Å². The average Bonchev–Trinajstić information content (AvgIpc) is 2.82. The van der Waals surface area contributed by atoms with Crippen LogP contribution >= 0.6 is 0 Å². The molecule has 16 heavy (non-hydrogen) atoms. The summed E-state index contributed by atoms with van der Waals surface area (Å²) in [5.74, 6) is 0.908. The van der Waals surface area contributed by atoms with Gasteiger partial charge in [-0.1, -0.05) is 6.07 Å². The van der Waals surface area contributed by atoms with Crippen molar-refractivity contribution in [2.75, 3.05) is 38.6 Å². The maximum Gasteiger partial charge on any atom is 0.120 e. The predicted octanol–water partition coefficient (Wildman–Crippen LogP) is 2.20. The number of rotatable bonds is 5. The van der Waals surface area contributed by atoms with E-state index in [1.54, 1.807) is 7.11 Å². The van der Waals surface area contributed by atoms with E-state index in [-0.39, 0.29) is 0 Å². The van der Waals surface area contributed by atoms with Crippen LogP contribution in [0.15, 0.2) is 24.3 Å². The minimum absolute atomic E-state index is 0.908. The molecule has 3 nitrogen and oxygen atoms in total. The number of ether oxygens (including phenoxy) is 1. The van der Waals surface area contributed by atoms with Crippen molar-refractivity contribution in [3.8, 4) is 5.75 Å². The Morgan fingerprint density at radius 3 is 2.88 bits per heavy atom. The summed E-state index contributed by atoms with van der Waals surface area (Å²) in [6.45, 7) is 4.67. The fourth-order valence-corrected chi connectivity index (χ4v) is 2.10. The first kappa shape index (κ1) is 11.3. The Labute approximate surface area is 97.4 Å². The Hall–Kier alpha value is -1.22. The number of nitrogens with one attached hydrogen (secondary N) is 1. The molecular formula is C13H20N2O. The fourth-order valence-electron chi connectivity index (χ4n) is 2.10. The molecule has 2 rings (SSSR count). The molecule has 0 unspecified atom stereocenters. The molecule has 0 aromatic heterocycles. The highest BCUT2D eigenvalue weighted by Gasteiger charge is 2.09. The Kier molecular flexibility index (Phi) is 4.05. The van der Waals surface area contributed by atoms with Gasteiger partial charge in [0.05, 0.1) is 7.11 Å². The molecule has 88 valence electrons. The minimum atomic E-state index is 0.908. The molecular weight excluding hydrogens is 200 g/mol. The lowest BCUT2D eigenvalue weighted by molar-refractivity contribution is 0.352. The van der Waals surface area contributed by atoms with Crippen molar-refractivity contribution in [1.29, 1.82) is 0 Å². The van der Waals surface area contributed by atoms with Crippen LogP contribution in [0.3, 0.4) is 0 Å². The van der Waals surface area contributed by atoms with Crippen molar-refractivity contribution in [2.24, 2.45) is 0 Å². The Morgan fingerprint density at radius 2 is 2.12 bits per heavy atom. The highest BCUT2D eigenvalue weighted by atomic mass is 16.5. The van der Waals surface area contributed by atoms with Crippen molar-refractivity contribution >= 4 is 5.69 Å². The lowest BCUT2D eigenvalue weighted by Gasteiger charge is -2.15. The van der Waals surface area contributed by atoms with E-state index in [1.165, 1.54) is 25.9 Å². The molecule has 1 aliphatic rings. The molecule has 0 bridgehead atoms. The first-order valence-corrected chi connectivity index (χ1v) is 5.99. The van der Waals surface area contributed by atoms with Crippen LogP contribution < -0.4 is 10.1 Å². The SMILES string of the molecule is COc1cccc(NCCN2CCCC2)c1. The molecule has 0 radical (unpaired) electrons. The number of hydrogen-bond acceptors (Lipinski definition) is 3. The van der Waals surface area contributed by atoms with Crippen LogP contribution in [0.25, 0.3) is 0 Å². The van der Waals surface area contributed by atoms with Crippen LogP contribution in [0.1, 0.15) is 12.8 Å². The van der Waals surface area contributed by atoms with E-state index in [1.807, 2.05) is 18.2 Å². The van der Waals surface area contributed by atoms with Gasteiger partial charge < -0.3 is 15.0 Å². The summed E-state index contributed by atoms with van der Waals surface area (Å²) in [7, 11) is 1.70. The van der Waals surface area contributed by atoms with Gasteiger partial charge in [0.25, 0.3) is 0 Å². The monoisotopic (exact) mass is 220 g/mol. The molecule has 1 N–H and O–H groups in total. The molecule has 3 heteroatoms. The fraction of sp³-hybridized carbons (Fsp3) is 0.538. The van der Waals surface area contributed by atoms with Gasteiger partial charge in [-0.2, -0.15) is 0 Å². The molecule has 1 aliphatic heterocycles. The number of likely N-dealkylation sites (tertiary alicyclic amines) is 1. The molecule has 1 heterocycles. The van der Waals surface area contributed by atoms with Gasteiger partial charge in [-0.05, 0) is 38.1 Å². The van der Waals surface area contributed by atoms with Gasteiger partial charge in [0, 0.05) is 24.8 Å². The Morgan fingerprint density at radius 1 is 1.31 bits per heavy atom. The number of methoxy groups -OCH3 is 1. The second-order valence-electron chi connectivity index (χ2n) is 4.21. The predicted molar refractivity (Wildman–Crippen MR) is 67.2 cm³/mol. The Bertz CT molecular complexity index is 321. The quantitative estimate of drug-likeness (QED) is 0.823. The van der Waals surface area contributed by atoms with Crippen LogP contribution in [-0.4, -0.2) is 38.2 Å². The van der Waals surface area contributed by atoms with Gasteiger partial charge >= 0.3 is 0 Å². The smallest absolute Gasteiger partial charge is 0.120 e. The number of benzene rings is 1. The maximum atomic E-state index is 5.18. The molecule has 0 atom stereocenters. The number of anilines is 1. The summed E-state index contributed by atoms with van der Waals surface area (Å²) in [6.07, 6.45) is 2.72. The zero-order valence-corrected chi connectivity index (χ0v) is 9.91. The van der Waals surface area contributed by atoms with E-state index in [0.29, 0.717) is 0 Å². The van der Waals surface area contributed by atoms with E-state index >= 15 is 0 Å². The molecule has 1 fully saturated rings. The van der Waals surface area contributed by atoms with Gasteiger partial charge in [-0.15, -0.1) is 0 Å². The lowest BCUT2D eigenvalue weighted by Crippen LogP contribution is -2.25. The van der Waals surface area contributed by atoms with E-state index in [2.05, 4.69) is 16.3 Å². The second kappa shape index (κ2) is 5.75. The van der Waals surface area contributed by atoms with Gasteiger partial charge in [0.1, 0.15) is 5.75 Å². The second-order valence-corrected chi connectivity index (χ2v) is 4.21. The van der Waals surface area contributed by atoms with Crippen LogP contribution in [0, 0.1) is 0 Å². The standard InChI is InChI=1S/C13H20N2O/c1-16-13-6-4-5-12(11-13)14-7-10-15-8-2-3-9-15/h4-6,11,14H,2-3,7-10H2,1H3. The summed E-state index contributed by atoms with van der Waals surface area (Å²) in [4.78, 5) is 2.51. The first-order valence-electron chi connectivity index (χ1n) is 5.99. The van der Waals surface area contributed by atoms with Crippen molar-refractivity contribution in [2.45, 2.75) is 12.8 Å². The van der Waals surface area contributed by atoms with Crippen molar-refractivity contribution < 1.29 is 4.74 Å². The van der Waals surface area contributed by atoms with Gasteiger partial charge in [0.2, 0.25) is 0 Å². The first-order chi connectivity index (χ1) is 7.88. The summed E-state index contributed by atoms with van der Waals surface area (Å²) in [6, 6.07) is 8.08. The minimum Gasteiger partial charge on any atom is -0.497 e. The van der Waals surface area contributed by atoms with Crippen LogP contribution in [0.4, 0.5) is 5.69 Å². The molecule has 1 aromatic carbocycles. The highest BCUT2D eigenvalue weighted by molar-refractivity contribution is 5.48. The van der Waals surface area contributed by atoms with Crippen LogP contribution in [0.2, 0.25) is 0 Å². The number of nitrogens with zero attached hydrogens (tertiary/aromatic N) is 1. The van der Waals surface area contributed by atoms with Crippen molar-refractivity contribution in [3.05, 3.63) is 24.3 Å². The maximum absolute atomic E-state index is 5.18. The topological polar surface area (TPSA) is 24.5 Å². The normalized spacial score (nSPS) is 16.3. The summed E-state index contributed by atoms with van der Waals surface area (Å²) in [5, 5.41) is 3.42. The number of hydrogen-bond donors (Lipinski definition) is 1. The molecule has 1 aromatic rings. The Balaban J connectivity index is 1.75. The zero-order chi connectivity index (χ0) is 11.2. The van der Waals surface area contributed by atoms with Crippen molar-refractivity contribution in [1.82, 2.24) is 4.90 Å². The molecule has 0 aliphatic carbocycles. The van der Waals surface area contributed by atoms with Crippen LogP contribution in [-0.2, 0) is 0 Å².